The highest BCUT2D eigenvalue weighted by Crippen LogP contribution is 2.33. The average Bonchev–Trinajstić information content (AvgIpc) is 3.09. The maximum atomic E-state index is 12.9. The Hall–Kier alpha value is -2.83. The standard InChI is InChI=1S/C20H26N4O3/c1-4-15(5-2)22-20(26)18-12-24(16-8-6-7-9-17(16)27-18)19(25)13-23-11-14(3)10-21-23/h6-11,15,18H,4-5,12-13H2,1-3H3,(H,22,26). The molecule has 1 aliphatic rings. The van der Waals surface area contributed by atoms with E-state index < -0.39 is 6.10 Å². The molecule has 1 aliphatic heterocycles. The third kappa shape index (κ3) is 4.30. The van der Waals surface area contributed by atoms with Crippen LogP contribution in [0.5, 0.6) is 5.75 Å². The fourth-order valence-electron chi connectivity index (χ4n) is 3.17. The molecule has 0 spiro atoms. The van der Waals surface area contributed by atoms with E-state index in [0.717, 1.165) is 18.4 Å². The molecule has 7 nitrogen and oxygen atoms in total. The number of hydrogen-bond acceptors (Lipinski definition) is 4. The molecule has 144 valence electrons. The second-order valence-electron chi connectivity index (χ2n) is 6.82. The molecule has 2 aromatic rings. The minimum atomic E-state index is -0.733. The Morgan fingerprint density at radius 1 is 1.30 bits per heavy atom. The van der Waals surface area contributed by atoms with Gasteiger partial charge in [0.1, 0.15) is 12.3 Å². The van der Waals surface area contributed by atoms with Gasteiger partial charge in [-0.15, -0.1) is 0 Å². The van der Waals surface area contributed by atoms with Crippen LogP contribution in [-0.2, 0) is 16.1 Å². The van der Waals surface area contributed by atoms with E-state index in [-0.39, 0.29) is 30.9 Å². The molecule has 27 heavy (non-hydrogen) atoms. The van der Waals surface area contributed by atoms with E-state index in [0.29, 0.717) is 11.4 Å². The van der Waals surface area contributed by atoms with Gasteiger partial charge in [-0.2, -0.15) is 5.10 Å². The van der Waals surface area contributed by atoms with Crippen molar-refractivity contribution < 1.29 is 14.3 Å². The molecule has 1 unspecified atom stereocenters. The predicted molar refractivity (Wildman–Crippen MR) is 103 cm³/mol. The second-order valence-corrected chi connectivity index (χ2v) is 6.82. The molecule has 0 saturated heterocycles. The van der Waals surface area contributed by atoms with Crippen molar-refractivity contribution in [2.75, 3.05) is 11.4 Å². The Kier molecular flexibility index (Phi) is 5.78. The lowest BCUT2D eigenvalue weighted by molar-refractivity contribution is -0.129. The number of benzene rings is 1. The van der Waals surface area contributed by atoms with Crippen molar-refractivity contribution >= 4 is 17.5 Å². The SMILES string of the molecule is CCC(CC)NC(=O)C1CN(C(=O)Cn2cc(C)cn2)c2ccccc2O1. The van der Waals surface area contributed by atoms with Crippen LogP contribution < -0.4 is 15.0 Å². The first-order chi connectivity index (χ1) is 13.0. The van der Waals surface area contributed by atoms with E-state index in [9.17, 15) is 9.59 Å². The van der Waals surface area contributed by atoms with Crippen LogP contribution >= 0.6 is 0 Å². The van der Waals surface area contributed by atoms with Gasteiger partial charge in [0.25, 0.3) is 5.91 Å². The van der Waals surface area contributed by atoms with Crippen molar-refractivity contribution in [2.45, 2.75) is 52.3 Å². The van der Waals surface area contributed by atoms with Crippen molar-refractivity contribution in [1.29, 1.82) is 0 Å². The molecule has 0 bridgehead atoms. The van der Waals surface area contributed by atoms with Crippen LogP contribution in [0.4, 0.5) is 5.69 Å². The number of amides is 2. The number of carbonyl (C=O) groups excluding carboxylic acids is 2. The number of rotatable bonds is 6. The second kappa shape index (κ2) is 8.24. The number of carbonyl (C=O) groups is 2. The molecule has 0 aliphatic carbocycles. The summed E-state index contributed by atoms with van der Waals surface area (Å²) < 4.78 is 7.50. The summed E-state index contributed by atoms with van der Waals surface area (Å²) in [7, 11) is 0. The minimum Gasteiger partial charge on any atom is -0.477 e. The van der Waals surface area contributed by atoms with E-state index in [4.69, 9.17) is 4.74 Å². The zero-order valence-corrected chi connectivity index (χ0v) is 16.0. The summed E-state index contributed by atoms with van der Waals surface area (Å²) >= 11 is 0. The van der Waals surface area contributed by atoms with Crippen LogP contribution in [0.2, 0.25) is 0 Å². The van der Waals surface area contributed by atoms with Crippen LogP contribution in [0.15, 0.2) is 36.7 Å². The smallest absolute Gasteiger partial charge is 0.263 e. The molecule has 1 N–H and O–H groups in total. The lowest BCUT2D eigenvalue weighted by Crippen LogP contribution is -2.53. The van der Waals surface area contributed by atoms with Gasteiger partial charge in [-0.3, -0.25) is 14.3 Å². The zero-order valence-electron chi connectivity index (χ0n) is 16.0. The quantitative estimate of drug-likeness (QED) is 0.846. The highest BCUT2D eigenvalue weighted by atomic mass is 16.5. The van der Waals surface area contributed by atoms with Crippen LogP contribution in [0.3, 0.4) is 0 Å². The Morgan fingerprint density at radius 3 is 2.70 bits per heavy atom. The first-order valence-electron chi connectivity index (χ1n) is 9.37. The number of ether oxygens (including phenoxy) is 1. The summed E-state index contributed by atoms with van der Waals surface area (Å²) in [4.78, 5) is 27.2. The van der Waals surface area contributed by atoms with Crippen molar-refractivity contribution in [2.24, 2.45) is 0 Å². The molecule has 2 amide bonds. The number of para-hydroxylation sites is 2. The monoisotopic (exact) mass is 370 g/mol. The molecule has 1 atom stereocenters. The molecule has 1 aromatic carbocycles. The third-order valence-electron chi connectivity index (χ3n) is 4.76. The van der Waals surface area contributed by atoms with Crippen molar-refractivity contribution in [3.8, 4) is 5.75 Å². The molecule has 1 aromatic heterocycles. The molecular weight excluding hydrogens is 344 g/mol. The number of aryl methyl sites for hydroxylation is 1. The summed E-state index contributed by atoms with van der Waals surface area (Å²) in [6.07, 6.45) is 4.51. The van der Waals surface area contributed by atoms with E-state index in [1.807, 2.05) is 45.2 Å². The lowest BCUT2D eigenvalue weighted by atomic mass is 10.1. The Morgan fingerprint density at radius 2 is 2.04 bits per heavy atom. The van der Waals surface area contributed by atoms with E-state index in [1.165, 1.54) is 0 Å². The summed E-state index contributed by atoms with van der Waals surface area (Å²) in [5.74, 6) is 0.221. The number of fused-ring (bicyclic) bond motifs is 1. The Bertz CT molecular complexity index is 813. The predicted octanol–water partition coefficient (Wildman–Crippen LogP) is 2.29. The maximum absolute atomic E-state index is 12.9. The lowest BCUT2D eigenvalue weighted by Gasteiger charge is -2.34. The maximum Gasteiger partial charge on any atom is 0.263 e. The zero-order chi connectivity index (χ0) is 19.4. The fraction of sp³-hybridized carbons (Fsp3) is 0.450. The van der Waals surface area contributed by atoms with Gasteiger partial charge >= 0.3 is 0 Å². The summed E-state index contributed by atoms with van der Waals surface area (Å²) in [6.45, 7) is 6.29. The molecule has 0 fully saturated rings. The van der Waals surface area contributed by atoms with Gasteiger partial charge in [-0.1, -0.05) is 26.0 Å². The first-order valence-corrected chi connectivity index (χ1v) is 9.37. The van der Waals surface area contributed by atoms with E-state index in [1.54, 1.807) is 21.8 Å². The normalized spacial score (nSPS) is 16.0. The largest absolute Gasteiger partial charge is 0.477 e. The van der Waals surface area contributed by atoms with Gasteiger partial charge in [0.2, 0.25) is 5.91 Å². The molecule has 2 heterocycles. The Labute approximate surface area is 159 Å². The summed E-state index contributed by atoms with van der Waals surface area (Å²) in [5, 5.41) is 7.19. The summed E-state index contributed by atoms with van der Waals surface area (Å²) in [6, 6.07) is 7.40. The molecule has 7 heteroatoms. The topological polar surface area (TPSA) is 76.5 Å². The Balaban J connectivity index is 1.79. The number of nitrogens with zero attached hydrogens (tertiary/aromatic N) is 3. The van der Waals surface area contributed by atoms with Crippen LogP contribution in [0.1, 0.15) is 32.3 Å². The molecular formula is C20H26N4O3. The van der Waals surface area contributed by atoms with Gasteiger partial charge < -0.3 is 15.0 Å². The molecule has 0 saturated carbocycles. The van der Waals surface area contributed by atoms with Gasteiger partial charge in [-0.05, 0) is 37.5 Å². The molecule has 0 radical (unpaired) electrons. The third-order valence-corrected chi connectivity index (χ3v) is 4.76. The van der Waals surface area contributed by atoms with Gasteiger partial charge in [0.05, 0.1) is 18.4 Å². The highest BCUT2D eigenvalue weighted by Gasteiger charge is 2.34. The van der Waals surface area contributed by atoms with Gasteiger partial charge in [0, 0.05) is 12.2 Å². The van der Waals surface area contributed by atoms with E-state index in [2.05, 4.69) is 10.4 Å². The van der Waals surface area contributed by atoms with Crippen LogP contribution in [0, 0.1) is 6.92 Å². The number of nitrogens with one attached hydrogen (secondary N) is 1. The van der Waals surface area contributed by atoms with Crippen LogP contribution in [0.25, 0.3) is 0 Å². The number of hydrogen-bond donors (Lipinski definition) is 1. The highest BCUT2D eigenvalue weighted by molar-refractivity contribution is 5.97. The van der Waals surface area contributed by atoms with Crippen molar-refractivity contribution in [3.63, 3.8) is 0 Å². The minimum absolute atomic E-state index is 0.106. The van der Waals surface area contributed by atoms with Crippen molar-refractivity contribution in [3.05, 3.63) is 42.2 Å². The fourth-order valence-corrected chi connectivity index (χ4v) is 3.17. The molecule has 3 rings (SSSR count). The van der Waals surface area contributed by atoms with Gasteiger partial charge in [-0.25, -0.2) is 0 Å². The number of aromatic nitrogens is 2. The van der Waals surface area contributed by atoms with Gasteiger partial charge in [0.15, 0.2) is 6.10 Å². The van der Waals surface area contributed by atoms with Crippen LogP contribution in [-0.4, -0.2) is 40.3 Å². The van der Waals surface area contributed by atoms with E-state index >= 15 is 0 Å². The van der Waals surface area contributed by atoms with Crippen molar-refractivity contribution in [1.82, 2.24) is 15.1 Å². The average molecular weight is 370 g/mol. The summed E-state index contributed by atoms with van der Waals surface area (Å²) in [5.41, 5.74) is 1.67. The first kappa shape index (κ1) is 18.9. The number of anilines is 1.